The molecule has 1 aromatic carbocycles. The first-order valence-electron chi connectivity index (χ1n) is 14.5. The van der Waals surface area contributed by atoms with E-state index in [2.05, 4.69) is 51.4 Å². The molecule has 2 aromatic heterocycles. The van der Waals surface area contributed by atoms with Crippen molar-refractivity contribution in [3.63, 3.8) is 0 Å². The third-order valence-electron chi connectivity index (χ3n) is 7.54. The van der Waals surface area contributed by atoms with Crippen LogP contribution in [0.15, 0.2) is 36.5 Å². The van der Waals surface area contributed by atoms with Gasteiger partial charge < -0.3 is 4.90 Å². The molecular weight excluding hydrogens is 504 g/mol. The molecule has 1 amide bonds. The summed E-state index contributed by atoms with van der Waals surface area (Å²) in [5.41, 5.74) is 5.26. The van der Waals surface area contributed by atoms with Crippen molar-refractivity contribution in [3.05, 3.63) is 58.2 Å². The highest BCUT2D eigenvalue weighted by Crippen LogP contribution is 2.31. The summed E-state index contributed by atoms with van der Waals surface area (Å²) >= 11 is 6.40. The third kappa shape index (κ3) is 7.65. The Morgan fingerprint density at radius 1 is 1.03 bits per heavy atom. The molecule has 0 radical (unpaired) electrons. The van der Waals surface area contributed by atoms with Gasteiger partial charge in [-0.3, -0.25) is 9.69 Å². The van der Waals surface area contributed by atoms with Crippen molar-refractivity contribution >= 4 is 23.0 Å². The van der Waals surface area contributed by atoms with Gasteiger partial charge in [0.15, 0.2) is 0 Å². The average molecular weight is 547 g/mol. The Morgan fingerprint density at radius 2 is 1.72 bits per heavy atom. The third-order valence-corrected chi connectivity index (χ3v) is 7.78. The zero-order valence-corrected chi connectivity index (χ0v) is 25.0. The number of nitrogens with zero attached hydrogens (tertiary/aromatic N) is 4. The number of likely N-dealkylation sites (tertiary alicyclic amines) is 1. The number of amides is 1. The van der Waals surface area contributed by atoms with Crippen molar-refractivity contribution in [1.29, 1.82) is 0 Å². The molecule has 0 spiro atoms. The Morgan fingerprint density at radius 3 is 2.38 bits per heavy atom. The molecule has 3 aromatic rings. The monoisotopic (exact) mass is 546 g/mol. The van der Waals surface area contributed by atoms with E-state index in [1.807, 2.05) is 45.9 Å². The van der Waals surface area contributed by atoms with Gasteiger partial charge in [-0.05, 0) is 87.4 Å². The molecule has 39 heavy (non-hydrogen) atoms. The number of halogens is 1. The minimum atomic E-state index is 0.0766. The van der Waals surface area contributed by atoms with Crippen molar-refractivity contribution < 1.29 is 4.79 Å². The average Bonchev–Trinajstić information content (AvgIpc) is 3.27. The van der Waals surface area contributed by atoms with Gasteiger partial charge in [-0.1, -0.05) is 63.6 Å². The van der Waals surface area contributed by atoms with Crippen LogP contribution in [0.3, 0.4) is 0 Å². The predicted molar refractivity (Wildman–Crippen MR) is 162 cm³/mol. The molecule has 208 valence electrons. The van der Waals surface area contributed by atoms with E-state index in [1.165, 1.54) is 19.3 Å². The molecule has 1 aliphatic heterocycles. The molecule has 1 saturated heterocycles. The standard InChI is InChI=1S/C33H43ClN4O/c1-24(2)13-19-37(20-14-25(3)4)33(39)27-15-21-38-31(22-27)29(10-9-18-36-16-7-6-8-17-36)32(35-38)30-23-28(34)12-11-26(30)5/h11-12,15,21-25H,6-8,13-14,16-20H2,1-5H3. The van der Waals surface area contributed by atoms with Crippen LogP contribution in [0.5, 0.6) is 0 Å². The Balaban J connectivity index is 1.74. The normalized spacial score (nSPS) is 14.2. The fourth-order valence-electron chi connectivity index (χ4n) is 5.02. The molecule has 4 rings (SSSR count). The molecular formula is C33H43ClN4O. The van der Waals surface area contributed by atoms with E-state index in [-0.39, 0.29) is 5.91 Å². The van der Waals surface area contributed by atoms with Crippen molar-refractivity contribution in [2.24, 2.45) is 11.8 Å². The van der Waals surface area contributed by atoms with Crippen LogP contribution in [0.25, 0.3) is 16.8 Å². The first kappa shape index (κ1) is 29.2. The number of pyridine rings is 1. The minimum Gasteiger partial charge on any atom is -0.339 e. The first-order chi connectivity index (χ1) is 18.7. The second kappa shape index (κ2) is 13.5. The van der Waals surface area contributed by atoms with Crippen LogP contribution in [0, 0.1) is 30.6 Å². The van der Waals surface area contributed by atoms with Crippen LogP contribution in [0.2, 0.25) is 5.02 Å². The lowest BCUT2D eigenvalue weighted by Crippen LogP contribution is -2.34. The van der Waals surface area contributed by atoms with Gasteiger partial charge >= 0.3 is 0 Å². The van der Waals surface area contributed by atoms with E-state index in [1.54, 1.807) is 0 Å². The lowest BCUT2D eigenvalue weighted by molar-refractivity contribution is 0.0741. The summed E-state index contributed by atoms with van der Waals surface area (Å²) in [6, 6.07) is 9.74. The van der Waals surface area contributed by atoms with Crippen LogP contribution in [-0.2, 0) is 0 Å². The van der Waals surface area contributed by atoms with E-state index in [0.717, 1.165) is 73.5 Å². The van der Waals surface area contributed by atoms with Crippen molar-refractivity contribution in [2.45, 2.75) is 66.7 Å². The number of carbonyl (C=O) groups excluding carboxylic acids is 1. The van der Waals surface area contributed by atoms with Crippen molar-refractivity contribution in [3.8, 4) is 23.1 Å². The van der Waals surface area contributed by atoms with E-state index in [0.29, 0.717) is 22.4 Å². The second-order valence-corrected chi connectivity index (χ2v) is 12.2. The van der Waals surface area contributed by atoms with Gasteiger partial charge in [0.25, 0.3) is 5.91 Å². The van der Waals surface area contributed by atoms with Gasteiger partial charge in [-0.2, -0.15) is 5.10 Å². The summed E-state index contributed by atoms with van der Waals surface area (Å²) in [4.78, 5) is 18.2. The lowest BCUT2D eigenvalue weighted by atomic mass is 10.0. The fourth-order valence-corrected chi connectivity index (χ4v) is 5.19. The number of carbonyl (C=O) groups is 1. The van der Waals surface area contributed by atoms with Crippen LogP contribution in [0.4, 0.5) is 0 Å². The molecule has 0 unspecified atom stereocenters. The number of benzene rings is 1. The van der Waals surface area contributed by atoms with Crippen LogP contribution in [0.1, 0.15) is 81.3 Å². The number of piperidine rings is 1. The van der Waals surface area contributed by atoms with Gasteiger partial charge in [0.2, 0.25) is 0 Å². The SMILES string of the molecule is Cc1ccc(Cl)cc1-c1nn2ccc(C(=O)N(CCC(C)C)CCC(C)C)cc2c1C#CCN1CCCCC1. The van der Waals surface area contributed by atoms with Crippen molar-refractivity contribution in [1.82, 2.24) is 19.4 Å². The molecule has 0 aliphatic carbocycles. The molecule has 0 saturated carbocycles. The van der Waals surface area contributed by atoms with Crippen LogP contribution < -0.4 is 0 Å². The van der Waals surface area contributed by atoms with Crippen LogP contribution >= 0.6 is 11.6 Å². The van der Waals surface area contributed by atoms with Gasteiger partial charge in [0, 0.05) is 35.4 Å². The Bertz CT molecular complexity index is 1330. The van der Waals surface area contributed by atoms with Gasteiger partial charge in [0.1, 0.15) is 5.69 Å². The van der Waals surface area contributed by atoms with Gasteiger partial charge in [-0.25, -0.2) is 4.52 Å². The maximum Gasteiger partial charge on any atom is 0.253 e. The highest BCUT2D eigenvalue weighted by molar-refractivity contribution is 6.30. The molecule has 0 N–H and O–H groups in total. The number of aromatic nitrogens is 2. The smallest absolute Gasteiger partial charge is 0.253 e. The van der Waals surface area contributed by atoms with Gasteiger partial charge in [-0.15, -0.1) is 0 Å². The number of hydrogen-bond donors (Lipinski definition) is 0. The summed E-state index contributed by atoms with van der Waals surface area (Å²) in [5, 5.41) is 5.60. The largest absolute Gasteiger partial charge is 0.339 e. The summed E-state index contributed by atoms with van der Waals surface area (Å²) in [6.45, 7) is 15.4. The Labute approximate surface area is 239 Å². The van der Waals surface area contributed by atoms with Crippen LogP contribution in [-0.4, -0.2) is 58.0 Å². The molecule has 5 nitrogen and oxygen atoms in total. The zero-order chi connectivity index (χ0) is 27.9. The summed E-state index contributed by atoms with van der Waals surface area (Å²) in [5.74, 6) is 8.05. The second-order valence-electron chi connectivity index (χ2n) is 11.7. The highest BCUT2D eigenvalue weighted by Gasteiger charge is 2.21. The summed E-state index contributed by atoms with van der Waals surface area (Å²) in [6.07, 6.45) is 7.65. The summed E-state index contributed by atoms with van der Waals surface area (Å²) < 4.78 is 1.85. The molecule has 1 aliphatic rings. The number of fused-ring (bicyclic) bond motifs is 1. The number of hydrogen-bond acceptors (Lipinski definition) is 3. The highest BCUT2D eigenvalue weighted by atomic mass is 35.5. The molecule has 0 bridgehead atoms. The molecule has 1 fully saturated rings. The number of rotatable bonds is 9. The van der Waals surface area contributed by atoms with E-state index in [4.69, 9.17) is 16.7 Å². The first-order valence-corrected chi connectivity index (χ1v) is 14.9. The number of aryl methyl sites for hydroxylation is 1. The Hall–Kier alpha value is -2.81. The maximum absolute atomic E-state index is 13.8. The topological polar surface area (TPSA) is 40.9 Å². The maximum atomic E-state index is 13.8. The molecule has 3 heterocycles. The minimum absolute atomic E-state index is 0.0766. The summed E-state index contributed by atoms with van der Waals surface area (Å²) in [7, 11) is 0. The van der Waals surface area contributed by atoms with E-state index < -0.39 is 0 Å². The van der Waals surface area contributed by atoms with E-state index >= 15 is 0 Å². The zero-order valence-electron chi connectivity index (χ0n) is 24.3. The Kier molecular flexibility index (Phi) is 10.1. The fraction of sp³-hybridized carbons (Fsp3) is 0.515. The van der Waals surface area contributed by atoms with E-state index in [9.17, 15) is 4.79 Å². The molecule has 0 atom stereocenters. The van der Waals surface area contributed by atoms with Gasteiger partial charge in [0.05, 0.1) is 17.6 Å². The molecule has 6 heteroatoms. The predicted octanol–water partition coefficient (Wildman–Crippen LogP) is 7.33. The quantitative estimate of drug-likeness (QED) is 0.264. The van der Waals surface area contributed by atoms with Crippen molar-refractivity contribution in [2.75, 3.05) is 32.7 Å². The lowest BCUT2D eigenvalue weighted by Gasteiger charge is -2.24.